The van der Waals surface area contributed by atoms with Gasteiger partial charge in [0.15, 0.2) is 0 Å². The van der Waals surface area contributed by atoms with E-state index in [0.29, 0.717) is 5.92 Å². The van der Waals surface area contributed by atoms with Gasteiger partial charge in [0, 0.05) is 38.4 Å². The van der Waals surface area contributed by atoms with E-state index in [2.05, 4.69) is 50.9 Å². The zero-order valence-corrected chi connectivity index (χ0v) is 15.2. The number of benzene rings is 1. The molecule has 0 atom stereocenters. The van der Waals surface area contributed by atoms with Crippen LogP contribution >= 0.6 is 0 Å². The summed E-state index contributed by atoms with van der Waals surface area (Å²) in [6.45, 7) is 15.6. The van der Waals surface area contributed by atoms with Gasteiger partial charge in [0.05, 0.1) is 0 Å². The van der Waals surface area contributed by atoms with Crippen molar-refractivity contribution in [3.8, 4) is 0 Å². The highest BCUT2D eigenvalue weighted by Gasteiger charge is 2.23. The van der Waals surface area contributed by atoms with Crippen LogP contribution in [0, 0.1) is 5.92 Å². The molecule has 0 bridgehead atoms. The molecule has 23 heavy (non-hydrogen) atoms. The fraction of sp³-hybridized carbons (Fsp3) is 0.632. The number of amides is 2. The van der Waals surface area contributed by atoms with Gasteiger partial charge in [-0.25, -0.2) is 4.79 Å². The van der Waals surface area contributed by atoms with Crippen molar-refractivity contribution >= 4 is 11.7 Å². The Morgan fingerprint density at radius 3 is 2.30 bits per heavy atom. The van der Waals surface area contributed by atoms with Crippen molar-refractivity contribution in [1.82, 2.24) is 9.80 Å². The predicted molar refractivity (Wildman–Crippen MR) is 97.0 cm³/mol. The number of nitrogens with zero attached hydrogens (tertiary/aromatic N) is 2. The molecule has 4 nitrogen and oxygen atoms in total. The lowest BCUT2D eigenvalue weighted by atomic mass is 9.86. The molecule has 1 aliphatic heterocycles. The number of rotatable bonds is 3. The fourth-order valence-electron chi connectivity index (χ4n) is 3.09. The largest absolute Gasteiger partial charge is 0.322 e. The molecule has 0 aliphatic carbocycles. The Balaban J connectivity index is 1.96. The van der Waals surface area contributed by atoms with Gasteiger partial charge in [0.1, 0.15) is 0 Å². The molecule has 1 heterocycles. The van der Waals surface area contributed by atoms with Crippen molar-refractivity contribution in [2.45, 2.75) is 40.0 Å². The van der Waals surface area contributed by atoms with Gasteiger partial charge in [-0.3, -0.25) is 4.90 Å². The summed E-state index contributed by atoms with van der Waals surface area (Å²) >= 11 is 0. The number of nitrogens with one attached hydrogen (secondary N) is 1. The van der Waals surface area contributed by atoms with Gasteiger partial charge in [-0.15, -0.1) is 0 Å². The first-order chi connectivity index (χ1) is 10.8. The maximum atomic E-state index is 12.6. The Kier molecular flexibility index (Phi) is 5.69. The molecule has 0 radical (unpaired) electrons. The smallest absolute Gasteiger partial charge is 0.321 e. The number of hydrogen-bond donors (Lipinski definition) is 1. The summed E-state index contributed by atoms with van der Waals surface area (Å²) in [7, 11) is 0. The minimum atomic E-state index is 0.0137. The lowest BCUT2D eigenvalue weighted by Crippen LogP contribution is -2.50. The van der Waals surface area contributed by atoms with Crippen LogP contribution < -0.4 is 5.32 Å². The van der Waals surface area contributed by atoms with Gasteiger partial charge < -0.3 is 10.2 Å². The lowest BCUT2D eigenvalue weighted by molar-refractivity contribution is 0.138. The first-order valence-corrected chi connectivity index (χ1v) is 8.65. The van der Waals surface area contributed by atoms with Crippen LogP contribution in [0.2, 0.25) is 0 Å². The average molecular weight is 317 g/mol. The molecular weight excluding hydrogens is 286 g/mol. The fourth-order valence-corrected chi connectivity index (χ4v) is 3.09. The molecule has 1 aromatic carbocycles. The normalized spacial score (nSPS) is 16.7. The van der Waals surface area contributed by atoms with Gasteiger partial charge in [0.2, 0.25) is 0 Å². The van der Waals surface area contributed by atoms with Gasteiger partial charge in [-0.05, 0) is 23.0 Å². The van der Waals surface area contributed by atoms with E-state index in [1.165, 1.54) is 5.56 Å². The van der Waals surface area contributed by atoms with Crippen molar-refractivity contribution < 1.29 is 4.79 Å². The Morgan fingerprint density at radius 1 is 1.13 bits per heavy atom. The van der Waals surface area contributed by atoms with Crippen LogP contribution in [0.4, 0.5) is 10.5 Å². The number of urea groups is 1. The van der Waals surface area contributed by atoms with E-state index in [4.69, 9.17) is 0 Å². The predicted octanol–water partition coefficient (Wildman–Crippen LogP) is 3.79. The van der Waals surface area contributed by atoms with Crippen LogP contribution in [0.5, 0.6) is 0 Å². The van der Waals surface area contributed by atoms with E-state index in [1.54, 1.807) is 0 Å². The van der Waals surface area contributed by atoms with Crippen LogP contribution in [0.25, 0.3) is 0 Å². The standard InChI is InChI=1S/C19H31N3O/c1-15(2)14-21-10-12-22(13-11-21)18(23)20-17-9-7-6-8-16(17)19(3,4)5/h6-9,15H,10-14H2,1-5H3,(H,20,23). The van der Waals surface area contributed by atoms with Gasteiger partial charge >= 0.3 is 6.03 Å². The van der Waals surface area contributed by atoms with Crippen molar-refractivity contribution in [1.29, 1.82) is 0 Å². The van der Waals surface area contributed by atoms with Crippen LogP contribution in [0.15, 0.2) is 24.3 Å². The summed E-state index contributed by atoms with van der Waals surface area (Å²) in [5.74, 6) is 0.675. The van der Waals surface area contributed by atoms with Crippen molar-refractivity contribution in [2.75, 3.05) is 38.0 Å². The number of anilines is 1. The Labute approximate surface area is 140 Å². The Morgan fingerprint density at radius 2 is 1.74 bits per heavy atom. The highest BCUT2D eigenvalue weighted by molar-refractivity contribution is 5.90. The molecule has 128 valence electrons. The van der Waals surface area contributed by atoms with Crippen LogP contribution in [-0.4, -0.2) is 48.6 Å². The third-order valence-electron chi connectivity index (χ3n) is 4.26. The lowest BCUT2D eigenvalue weighted by Gasteiger charge is -2.35. The first kappa shape index (κ1) is 17.8. The SMILES string of the molecule is CC(C)CN1CCN(C(=O)Nc2ccccc2C(C)(C)C)CC1. The topological polar surface area (TPSA) is 35.6 Å². The summed E-state index contributed by atoms with van der Waals surface area (Å²) in [4.78, 5) is 16.9. The van der Waals surface area contributed by atoms with Crippen LogP contribution in [0.3, 0.4) is 0 Å². The zero-order valence-electron chi connectivity index (χ0n) is 15.2. The number of piperazine rings is 1. The summed E-state index contributed by atoms with van der Waals surface area (Å²) in [6, 6.07) is 8.11. The van der Waals surface area contributed by atoms with Crippen molar-refractivity contribution in [2.24, 2.45) is 5.92 Å². The summed E-state index contributed by atoms with van der Waals surface area (Å²) in [5, 5.41) is 3.11. The minimum Gasteiger partial charge on any atom is -0.322 e. The molecule has 2 rings (SSSR count). The van der Waals surface area contributed by atoms with E-state index in [9.17, 15) is 4.79 Å². The number of para-hydroxylation sites is 1. The van der Waals surface area contributed by atoms with Gasteiger partial charge in [-0.1, -0.05) is 52.8 Å². The van der Waals surface area contributed by atoms with E-state index in [1.807, 2.05) is 23.1 Å². The molecule has 2 amide bonds. The van der Waals surface area contributed by atoms with Gasteiger partial charge in [0.25, 0.3) is 0 Å². The van der Waals surface area contributed by atoms with Crippen molar-refractivity contribution in [3.05, 3.63) is 29.8 Å². The van der Waals surface area contributed by atoms with E-state index in [0.717, 1.165) is 38.4 Å². The molecule has 0 saturated carbocycles. The third-order valence-corrected chi connectivity index (χ3v) is 4.26. The average Bonchev–Trinajstić information content (AvgIpc) is 2.46. The second-order valence-corrected chi connectivity index (χ2v) is 7.91. The molecule has 0 unspecified atom stereocenters. The molecule has 0 aromatic heterocycles. The molecule has 4 heteroatoms. The number of carbonyl (C=O) groups is 1. The first-order valence-electron chi connectivity index (χ1n) is 8.65. The second-order valence-electron chi connectivity index (χ2n) is 7.91. The third kappa shape index (κ3) is 4.96. The Bertz CT molecular complexity index is 526. The minimum absolute atomic E-state index is 0.0137. The van der Waals surface area contributed by atoms with E-state index < -0.39 is 0 Å². The molecule has 1 aromatic rings. The van der Waals surface area contributed by atoms with Gasteiger partial charge in [-0.2, -0.15) is 0 Å². The highest BCUT2D eigenvalue weighted by Crippen LogP contribution is 2.29. The van der Waals surface area contributed by atoms with Crippen LogP contribution in [0.1, 0.15) is 40.2 Å². The summed E-state index contributed by atoms with van der Waals surface area (Å²) in [6.07, 6.45) is 0. The maximum Gasteiger partial charge on any atom is 0.321 e. The Hall–Kier alpha value is -1.55. The van der Waals surface area contributed by atoms with E-state index >= 15 is 0 Å². The summed E-state index contributed by atoms with van der Waals surface area (Å²) in [5.41, 5.74) is 2.11. The monoisotopic (exact) mass is 317 g/mol. The molecular formula is C19H31N3O. The molecule has 1 fully saturated rings. The molecule has 0 spiro atoms. The molecule has 1 saturated heterocycles. The molecule has 1 N–H and O–H groups in total. The van der Waals surface area contributed by atoms with Crippen molar-refractivity contribution in [3.63, 3.8) is 0 Å². The number of hydrogen-bond acceptors (Lipinski definition) is 2. The second kappa shape index (κ2) is 7.35. The summed E-state index contributed by atoms with van der Waals surface area (Å²) < 4.78 is 0. The molecule has 1 aliphatic rings. The number of carbonyl (C=O) groups excluding carboxylic acids is 1. The highest BCUT2D eigenvalue weighted by atomic mass is 16.2. The maximum absolute atomic E-state index is 12.6. The quantitative estimate of drug-likeness (QED) is 0.920. The van der Waals surface area contributed by atoms with Crippen LogP contribution in [-0.2, 0) is 5.41 Å². The van der Waals surface area contributed by atoms with E-state index in [-0.39, 0.29) is 11.4 Å². The zero-order chi connectivity index (χ0) is 17.0.